The lowest BCUT2D eigenvalue weighted by molar-refractivity contribution is 0.816. The number of halogens is 1. The molecule has 0 bridgehead atoms. The van der Waals surface area contributed by atoms with Crippen LogP contribution in [0.1, 0.15) is 36.1 Å². The van der Waals surface area contributed by atoms with Crippen LogP contribution in [0.25, 0.3) is 0 Å². The van der Waals surface area contributed by atoms with Crippen molar-refractivity contribution in [3.05, 3.63) is 33.8 Å². The summed E-state index contributed by atoms with van der Waals surface area (Å²) in [5.74, 6) is 0. The zero-order chi connectivity index (χ0) is 9.42. The van der Waals surface area contributed by atoms with Crippen molar-refractivity contribution in [2.24, 2.45) is 5.73 Å². The molecule has 2 N–H and O–H groups in total. The number of fused-ring (bicyclic) bond motifs is 1. The minimum absolute atomic E-state index is 0.0402. The van der Waals surface area contributed by atoms with Gasteiger partial charge in [-0.25, -0.2) is 0 Å². The molecule has 1 unspecified atom stereocenters. The summed E-state index contributed by atoms with van der Waals surface area (Å²) >= 11 is 6.12. The Morgan fingerprint density at radius 1 is 1.31 bits per heavy atom. The molecule has 0 heterocycles. The molecule has 70 valence electrons. The summed E-state index contributed by atoms with van der Waals surface area (Å²) < 4.78 is 0. The molecule has 0 amide bonds. The molecule has 0 radical (unpaired) electrons. The molecule has 0 aromatic heterocycles. The summed E-state index contributed by atoms with van der Waals surface area (Å²) in [6.45, 7) is 1.97. The molecule has 1 aromatic carbocycles. The second-order valence-corrected chi connectivity index (χ2v) is 4.19. The Kier molecular flexibility index (Phi) is 2.31. The predicted molar refractivity (Wildman–Crippen MR) is 56.1 cm³/mol. The van der Waals surface area contributed by atoms with Crippen molar-refractivity contribution in [1.82, 2.24) is 0 Å². The minimum atomic E-state index is 0.0402. The summed E-state index contributed by atoms with van der Waals surface area (Å²) in [5, 5.41) is 0.829. The molecule has 0 saturated heterocycles. The molecule has 1 aliphatic rings. The van der Waals surface area contributed by atoms with E-state index >= 15 is 0 Å². The van der Waals surface area contributed by atoms with E-state index in [2.05, 4.69) is 12.1 Å². The van der Waals surface area contributed by atoms with E-state index in [9.17, 15) is 0 Å². The highest BCUT2D eigenvalue weighted by molar-refractivity contribution is 6.31. The van der Waals surface area contributed by atoms with E-state index in [0.717, 1.165) is 10.6 Å². The molecular weight excluding hydrogens is 182 g/mol. The smallest absolute Gasteiger partial charge is 0.0456 e. The van der Waals surface area contributed by atoms with Gasteiger partial charge in [0.15, 0.2) is 0 Å². The van der Waals surface area contributed by atoms with Crippen molar-refractivity contribution >= 4 is 11.6 Å². The molecule has 13 heavy (non-hydrogen) atoms. The van der Waals surface area contributed by atoms with Gasteiger partial charge in [-0.3, -0.25) is 0 Å². The lowest BCUT2D eigenvalue weighted by Crippen LogP contribution is -2.06. The van der Waals surface area contributed by atoms with Gasteiger partial charge in [0.25, 0.3) is 0 Å². The standard InChI is InChI=1S/C11H14ClN/c1-7(13)10-5-8-3-2-4-9(8)6-11(10)12/h5-7H,2-4,13H2,1H3. The summed E-state index contributed by atoms with van der Waals surface area (Å²) in [5.41, 5.74) is 9.76. The highest BCUT2D eigenvalue weighted by Crippen LogP contribution is 2.30. The van der Waals surface area contributed by atoms with E-state index in [1.165, 1.54) is 30.4 Å². The molecule has 0 spiro atoms. The largest absolute Gasteiger partial charge is 0.324 e. The molecular formula is C11H14ClN. The van der Waals surface area contributed by atoms with Gasteiger partial charge in [-0.15, -0.1) is 0 Å². The van der Waals surface area contributed by atoms with Crippen LogP contribution in [0, 0.1) is 0 Å². The second-order valence-electron chi connectivity index (χ2n) is 3.78. The first-order valence-electron chi connectivity index (χ1n) is 4.75. The lowest BCUT2D eigenvalue weighted by Gasteiger charge is -2.10. The first-order chi connectivity index (χ1) is 6.18. The van der Waals surface area contributed by atoms with Crippen molar-refractivity contribution in [1.29, 1.82) is 0 Å². The quantitative estimate of drug-likeness (QED) is 0.733. The van der Waals surface area contributed by atoms with E-state index in [1.54, 1.807) is 0 Å². The molecule has 2 rings (SSSR count). The molecule has 0 aliphatic heterocycles. The van der Waals surface area contributed by atoms with Crippen LogP contribution >= 0.6 is 11.6 Å². The van der Waals surface area contributed by atoms with Crippen LogP contribution in [0.3, 0.4) is 0 Å². The number of benzene rings is 1. The van der Waals surface area contributed by atoms with Gasteiger partial charge in [0.1, 0.15) is 0 Å². The van der Waals surface area contributed by atoms with Gasteiger partial charge in [-0.05, 0) is 48.9 Å². The zero-order valence-electron chi connectivity index (χ0n) is 7.81. The SMILES string of the molecule is CC(N)c1cc2c(cc1Cl)CCC2. The highest BCUT2D eigenvalue weighted by atomic mass is 35.5. The van der Waals surface area contributed by atoms with Gasteiger partial charge in [0.2, 0.25) is 0 Å². The number of nitrogens with two attached hydrogens (primary N) is 1. The Labute approximate surface area is 83.9 Å². The van der Waals surface area contributed by atoms with E-state index in [-0.39, 0.29) is 6.04 Å². The van der Waals surface area contributed by atoms with Crippen LogP contribution in [-0.4, -0.2) is 0 Å². The summed E-state index contributed by atoms with van der Waals surface area (Å²) in [7, 11) is 0. The number of hydrogen-bond donors (Lipinski definition) is 1. The summed E-state index contributed by atoms with van der Waals surface area (Å²) in [6.07, 6.45) is 3.62. The number of hydrogen-bond acceptors (Lipinski definition) is 1. The third-order valence-electron chi connectivity index (χ3n) is 2.70. The van der Waals surface area contributed by atoms with E-state index < -0.39 is 0 Å². The van der Waals surface area contributed by atoms with Gasteiger partial charge in [0.05, 0.1) is 0 Å². The van der Waals surface area contributed by atoms with E-state index in [1.807, 2.05) is 6.92 Å². The molecule has 1 nitrogen and oxygen atoms in total. The number of aryl methyl sites for hydroxylation is 2. The molecule has 1 aliphatic carbocycles. The first kappa shape index (κ1) is 9.04. The molecule has 0 saturated carbocycles. The van der Waals surface area contributed by atoms with Crippen LogP contribution in [-0.2, 0) is 12.8 Å². The Morgan fingerprint density at radius 3 is 2.54 bits per heavy atom. The summed E-state index contributed by atoms with van der Waals surface area (Å²) in [4.78, 5) is 0. The summed E-state index contributed by atoms with van der Waals surface area (Å²) in [6, 6.07) is 4.30. The fraction of sp³-hybridized carbons (Fsp3) is 0.455. The lowest BCUT2D eigenvalue weighted by atomic mass is 10.0. The van der Waals surface area contributed by atoms with Gasteiger partial charge >= 0.3 is 0 Å². The molecule has 1 aromatic rings. The fourth-order valence-electron chi connectivity index (χ4n) is 1.96. The van der Waals surface area contributed by atoms with Crippen LogP contribution in [0.5, 0.6) is 0 Å². The second kappa shape index (κ2) is 3.32. The third kappa shape index (κ3) is 1.59. The monoisotopic (exact) mass is 195 g/mol. The van der Waals surface area contributed by atoms with Gasteiger partial charge in [0, 0.05) is 11.1 Å². The van der Waals surface area contributed by atoms with Crippen molar-refractivity contribution < 1.29 is 0 Å². The van der Waals surface area contributed by atoms with Crippen molar-refractivity contribution in [3.63, 3.8) is 0 Å². The van der Waals surface area contributed by atoms with Crippen LogP contribution in [0.2, 0.25) is 5.02 Å². The van der Waals surface area contributed by atoms with Gasteiger partial charge < -0.3 is 5.73 Å². The Bertz CT molecular complexity index is 331. The highest BCUT2D eigenvalue weighted by Gasteiger charge is 2.15. The molecule has 0 fully saturated rings. The van der Waals surface area contributed by atoms with Crippen LogP contribution in [0.15, 0.2) is 12.1 Å². The average Bonchev–Trinajstić information content (AvgIpc) is 2.48. The fourth-order valence-corrected chi connectivity index (χ4v) is 2.32. The Morgan fingerprint density at radius 2 is 1.92 bits per heavy atom. The topological polar surface area (TPSA) is 26.0 Å². The molecule has 2 heteroatoms. The Balaban J connectivity index is 2.49. The average molecular weight is 196 g/mol. The van der Waals surface area contributed by atoms with Gasteiger partial charge in [-0.1, -0.05) is 17.7 Å². The maximum Gasteiger partial charge on any atom is 0.0456 e. The van der Waals surface area contributed by atoms with Crippen molar-refractivity contribution in [2.45, 2.75) is 32.2 Å². The van der Waals surface area contributed by atoms with Crippen molar-refractivity contribution in [2.75, 3.05) is 0 Å². The maximum atomic E-state index is 6.12. The number of rotatable bonds is 1. The molecule has 1 atom stereocenters. The Hall–Kier alpha value is -0.530. The van der Waals surface area contributed by atoms with Crippen LogP contribution < -0.4 is 5.73 Å². The normalized spacial score (nSPS) is 17.2. The first-order valence-corrected chi connectivity index (χ1v) is 5.13. The van der Waals surface area contributed by atoms with Crippen LogP contribution in [0.4, 0.5) is 0 Å². The zero-order valence-corrected chi connectivity index (χ0v) is 8.56. The van der Waals surface area contributed by atoms with Gasteiger partial charge in [-0.2, -0.15) is 0 Å². The maximum absolute atomic E-state index is 6.12. The van der Waals surface area contributed by atoms with E-state index in [0.29, 0.717) is 0 Å². The minimum Gasteiger partial charge on any atom is -0.324 e. The predicted octanol–water partition coefficient (Wildman–Crippen LogP) is 2.85. The van der Waals surface area contributed by atoms with E-state index in [4.69, 9.17) is 17.3 Å². The van der Waals surface area contributed by atoms with Crippen molar-refractivity contribution in [3.8, 4) is 0 Å². The third-order valence-corrected chi connectivity index (χ3v) is 3.03.